The smallest absolute Gasteiger partial charge is 0.262 e. The minimum absolute atomic E-state index is 0.00323. The van der Waals surface area contributed by atoms with Gasteiger partial charge in [-0.05, 0) is 43.2 Å². The van der Waals surface area contributed by atoms with Gasteiger partial charge in [0.15, 0.2) is 5.16 Å². The zero-order valence-electron chi connectivity index (χ0n) is 15.3. The van der Waals surface area contributed by atoms with E-state index in [4.69, 9.17) is 14.5 Å². The van der Waals surface area contributed by atoms with Crippen LogP contribution in [0.3, 0.4) is 0 Å². The highest BCUT2D eigenvalue weighted by Crippen LogP contribution is 2.22. The highest BCUT2D eigenvalue weighted by molar-refractivity contribution is 9.10. The van der Waals surface area contributed by atoms with Crippen molar-refractivity contribution in [2.75, 3.05) is 19.0 Å². The quantitative estimate of drug-likeness (QED) is 0.295. The minimum Gasteiger partial charge on any atom is -0.493 e. The average molecular weight is 461 g/mol. The zero-order valence-corrected chi connectivity index (χ0v) is 17.7. The molecule has 0 saturated carbocycles. The lowest BCUT2D eigenvalue weighted by Gasteiger charge is -2.16. The molecule has 5 nitrogen and oxygen atoms in total. The zero-order chi connectivity index (χ0) is 19.3. The molecule has 146 valence electrons. The number of benzene rings is 2. The largest absolute Gasteiger partial charge is 0.493 e. The van der Waals surface area contributed by atoms with Crippen LogP contribution >= 0.6 is 27.7 Å². The molecule has 4 rings (SSSR count). The first-order valence-corrected chi connectivity index (χ1v) is 11.1. The van der Waals surface area contributed by atoms with E-state index in [0.717, 1.165) is 40.3 Å². The Balaban J connectivity index is 1.51. The molecule has 0 aliphatic carbocycles. The number of aromatic nitrogens is 2. The highest BCUT2D eigenvalue weighted by Gasteiger charge is 2.20. The van der Waals surface area contributed by atoms with E-state index in [9.17, 15) is 4.79 Å². The van der Waals surface area contributed by atoms with Crippen LogP contribution in [-0.4, -0.2) is 34.6 Å². The first-order chi connectivity index (χ1) is 13.7. The van der Waals surface area contributed by atoms with Crippen molar-refractivity contribution in [2.45, 2.75) is 30.6 Å². The van der Waals surface area contributed by atoms with Crippen molar-refractivity contribution in [2.24, 2.45) is 0 Å². The maximum Gasteiger partial charge on any atom is 0.262 e. The molecule has 1 atom stereocenters. The monoisotopic (exact) mass is 460 g/mol. The number of nitrogens with zero attached hydrogens (tertiary/aromatic N) is 2. The summed E-state index contributed by atoms with van der Waals surface area (Å²) >= 11 is 4.99. The van der Waals surface area contributed by atoms with Crippen LogP contribution in [0.4, 0.5) is 0 Å². The molecule has 0 radical (unpaired) electrons. The van der Waals surface area contributed by atoms with Gasteiger partial charge in [-0.15, -0.1) is 0 Å². The van der Waals surface area contributed by atoms with Gasteiger partial charge in [-0.25, -0.2) is 4.98 Å². The van der Waals surface area contributed by atoms with Crippen LogP contribution in [0.15, 0.2) is 63.0 Å². The van der Waals surface area contributed by atoms with Crippen LogP contribution in [0.1, 0.15) is 12.8 Å². The second kappa shape index (κ2) is 9.11. The molecule has 0 spiro atoms. The summed E-state index contributed by atoms with van der Waals surface area (Å²) in [4.78, 5) is 17.8. The van der Waals surface area contributed by atoms with Crippen molar-refractivity contribution in [1.82, 2.24) is 9.55 Å². The van der Waals surface area contributed by atoms with Gasteiger partial charge in [0, 0.05) is 16.8 Å². The van der Waals surface area contributed by atoms with Gasteiger partial charge in [-0.2, -0.15) is 0 Å². The summed E-state index contributed by atoms with van der Waals surface area (Å²) in [6, 6.07) is 15.3. The lowest BCUT2D eigenvalue weighted by molar-refractivity contribution is 0.0937. The van der Waals surface area contributed by atoms with Gasteiger partial charge in [0.2, 0.25) is 0 Å². The maximum atomic E-state index is 13.0. The van der Waals surface area contributed by atoms with Crippen molar-refractivity contribution in [3.05, 3.63) is 63.4 Å². The van der Waals surface area contributed by atoms with E-state index >= 15 is 0 Å². The molecule has 2 heterocycles. The molecule has 1 aromatic heterocycles. The number of halogens is 1. The lowest BCUT2D eigenvalue weighted by Crippen LogP contribution is -2.29. The summed E-state index contributed by atoms with van der Waals surface area (Å²) in [5.41, 5.74) is 0.725. The fourth-order valence-corrected chi connectivity index (χ4v) is 4.46. The third-order valence-electron chi connectivity index (χ3n) is 4.62. The summed E-state index contributed by atoms with van der Waals surface area (Å²) in [5.74, 6) is 1.52. The van der Waals surface area contributed by atoms with Crippen molar-refractivity contribution in [1.29, 1.82) is 0 Å². The topological polar surface area (TPSA) is 53.3 Å². The fourth-order valence-electron chi connectivity index (χ4n) is 3.26. The van der Waals surface area contributed by atoms with Gasteiger partial charge >= 0.3 is 0 Å². The summed E-state index contributed by atoms with van der Waals surface area (Å²) in [5, 5.41) is 1.37. The maximum absolute atomic E-state index is 13.0. The van der Waals surface area contributed by atoms with E-state index in [2.05, 4.69) is 15.9 Å². The van der Waals surface area contributed by atoms with Gasteiger partial charge < -0.3 is 9.47 Å². The number of hydrogen-bond acceptors (Lipinski definition) is 5. The Morgan fingerprint density at radius 1 is 1.25 bits per heavy atom. The van der Waals surface area contributed by atoms with Crippen molar-refractivity contribution >= 4 is 38.6 Å². The summed E-state index contributed by atoms with van der Waals surface area (Å²) in [6.07, 6.45) is 2.11. The van der Waals surface area contributed by atoms with E-state index in [0.29, 0.717) is 24.3 Å². The SMILES string of the molecule is O=c1c2ccccc2nc(SCCOc2cccc(Br)c2)n1C[C@@H]1CCCO1. The van der Waals surface area contributed by atoms with Crippen LogP contribution < -0.4 is 10.3 Å². The molecule has 0 unspecified atom stereocenters. The number of rotatable bonds is 7. The molecule has 2 aromatic carbocycles. The number of hydrogen-bond donors (Lipinski definition) is 0. The normalized spacial score (nSPS) is 16.5. The molecule has 0 N–H and O–H groups in total. The van der Waals surface area contributed by atoms with Crippen LogP contribution in [0, 0.1) is 0 Å². The van der Waals surface area contributed by atoms with Crippen LogP contribution in [0.25, 0.3) is 10.9 Å². The Labute approximate surface area is 176 Å². The number of thioether (sulfide) groups is 1. The Morgan fingerprint density at radius 2 is 2.14 bits per heavy atom. The van der Waals surface area contributed by atoms with Crippen molar-refractivity contribution in [3.63, 3.8) is 0 Å². The van der Waals surface area contributed by atoms with Crippen LogP contribution in [0.5, 0.6) is 5.75 Å². The van der Waals surface area contributed by atoms with Gasteiger partial charge in [-0.1, -0.05) is 45.9 Å². The van der Waals surface area contributed by atoms with E-state index in [1.807, 2.05) is 48.5 Å². The summed E-state index contributed by atoms with van der Waals surface area (Å²) < 4.78 is 14.3. The molecule has 0 bridgehead atoms. The highest BCUT2D eigenvalue weighted by atomic mass is 79.9. The Kier molecular flexibility index (Phi) is 6.34. The Morgan fingerprint density at radius 3 is 2.96 bits per heavy atom. The fraction of sp³-hybridized carbons (Fsp3) is 0.333. The predicted octanol–water partition coefficient (Wildman–Crippen LogP) is 4.51. The molecular formula is C21H21BrN2O3S. The molecule has 1 saturated heterocycles. The second-order valence-electron chi connectivity index (χ2n) is 6.62. The predicted molar refractivity (Wildman–Crippen MR) is 115 cm³/mol. The lowest BCUT2D eigenvalue weighted by atomic mass is 10.2. The first kappa shape index (κ1) is 19.5. The van der Waals surface area contributed by atoms with Gasteiger partial charge in [0.1, 0.15) is 5.75 Å². The van der Waals surface area contributed by atoms with E-state index < -0.39 is 0 Å². The molecule has 1 aliphatic rings. The molecular weight excluding hydrogens is 440 g/mol. The molecule has 0 amide bonds. The van der Waals surface area contributed by atoms with Gasteiger partial charge in [0.05, 0.1) is 30.2 Å². The third kappa shape index (κ3) is 4.59. The summed E-state index contributed by atoms with van der Waals surface area (Å²) in [6.45, 7) is 1.85. The average Bonchev–Trinajstić information content (AvgIpc) is 3.21. The van der Waals surface area contributed by atoms with Crippen molar-refractivity contribution in [3.8, 4) is 5.75 Å². The van der Waals surface area contributed by atoms with Crippen molar-refractivity contribution < 1.29 is 9.47 Å². The molecule has 7 heteroatoms. The van der Waals surface area contributed by atoms with E-state index in [-0.39, 0.29) is 11.7 Å². The molecule has 1 aliphatic heterocycles. The number of fused-ring (bicyclic) bond motifs is 1. The third-order valence-corrected chi connectivity index (χ3v) is 6.05. The molecule has 28 heavy (non-hydrogen) atoms. The Bertz CT molecular complexity index is 1020. The Hall–Kier alpha value is -1.83. The number of para-hydroxylation sites is 1. The van der Waals surface area contributed by atoms with E-state index in [1.54, 1.807) is 16.3 Å². The minimum atomic E-state index is -0.00323. The van der Waals surface area contributed by atoms with Gasteiger partial charge in [-0.3, -0.25) is 9.36 Å². The number of ether oxygens (including phenoxy) is 2. The van der Waals surface area contributed by atoms with Crippen LogP contribution in [-0.2, 0) is 11.3 Å². The van der Waals surface area contributed by atoms with Crippen LogP contribution in [0.2, 0.25) is 0 Å². The standard InChI is InChI=1S/C21H21BrN2O3S/c22-15-5-3-6-16(13-15)27-11-12-28-21-23-19-9-2-1-8-18(19)20(25)24(21)14-17-7-4-10-26-17/h1-3,5-6,8-9,13,17H,4,7,10-12,14H2/t17-/m0/s1. The first-order valence-electron chi connectivity index (χ1n) is 9.33. The summed E-state index contributed by atoms with van der Waals surface area (Å²) in [7, 11) is 0. The van der Waals surface area contributed by atoms with E-state index in [1.165, 1.54) is 0 Å². The second-order valence-corrected chi connectivity index (χ2v) is 8.59. The molecule has 3 aromatic rings. The molecule has 1 fully saturated rings. The van der Waals surface area contributed by atoms with Gasteiger partial charge in [0.25, 0.3) is 5.56 Å².